The fourth-order valence-electron chi connectivity index (χ4n) is 1.56. The third-order valence-electron chi connectivity index (χ3n) is 2.62. The lowest BCUT2D eigenvalue weighted by atomic mass is 10.1. The molecule has 0 heterocycles. The van der Waals surface area contributed by atoms with Crippen LogP contribution in [0.5, 0.6) is 11.5 Å². The van der Waals surface area contributed by atoms with Gasteiger partial charge in [0.15, 0.2) is 11.6 Å². The van der Waals surface area contributed by atoms with E-state index in [9.17, 15) is 4.39 Å². The highest BCUT2D eigenvalue weighted by molar-refractivity contribution is 6.42. The molecule has 0 saturated heterocycles. The average molecular weight is 300 g/mol. The van der Waals surface area contributed by atoms with Gasteiger partial charge >= 0.3 is 0 Å². The smallest absolute Gasteiger partial charge is 0.166 e. The average Bonchev–Trinajstić information content (AvgIpc) is 2.37. The van der Waals surface area contributed by atoms with Crippen LogP contribution in [-0.4, -0.2) is 0 Å². The maximum absolute atomic E-state index is 13.9. The maximum Gasteiger partial charge on any atom is 0.166 e. The van der Waals surface area contributed by atoms with E-state index in [1.54, 1.807) is 31.2 Å². The highest BCUT2D eigenvalue weighted by Crippen LogP contribution is 2.35. The third kappa shape index (κ3) is 3.18. The molecular formula is C14H12Cl2FNO. The van der Waals surface area contributed by atoms with Crippen molar-refractivity contribution in [3.05, 3.63) is 57.8 Å². The Bertz CT molecular complexity index is 602. The molecule has 0 amide bonds. The normalized spacial score (nSPS) is 12.3. The molecule has 5 heteroatoms. The Kier molecular flexibility index (Phi) is 4.30. The van der Waals surface area contributed by atoms with Crippen molar-refractivity contribution in [1.29, 1.82) is 0 Å². The fourth-order valence-corrected chi connectivity index (χ4v) is 1.89. The summed E-state index contributed by atoms with van der Waals surface area (Å²) in [6.07, 6.45) is 0. The van der Waals surface area contributed by atoms with Gasteiger partial charge in [-0.25, -0.2) is 4.39 Å². The first kappa shape index (κ1) is 14.1. The number of ether oxygens (including phenoxy) is 1. The van der Waals surface area contributed by atoms with E-state index in [0.717, 1.165) is 0 Å². The Balaban J connectivity index is 2.31. The summed E-state index contributed by atoms with van der Waals surface area (Å²) in [6, 6.07) is 9.26. The summed E-state index contributed by atoms with van der Waals surface area (Å²) in [6.45, 7) is 1.78. The van der Waals surface area contributed by atoms with Crippen LogP contribution < -0.4 is 10.5 Å². The highest BCUT2D eigenvalue weighted by Gasteiger charge is 2.11. The van der Waals surface area contributed by atoms with Crippen LogP contribution in [0.15, 0.2) is 36.4 Å². The van der Waals surface area contributed by atoms with E-state index < -0.39 is 5.82 Å². The Morgan fingerprint density at radius 2 is 1.89 bits per heavy atom. The zero-order chi connectivity index (χ0) is 14.0. The summed E-state index contributed by atoms with van der Waals surface area (Å²) in [7, 11) is 0. The van der Waals surface area contributed by atoms with Gasteiger partial charge < -0.3 is 10.5 Å². The summed E-state index contributed by atoms with van der Waals surface area (Å²) in [5.41, 5.74) is 6.38. The second-order valence-electron chi connectivity index (χ2n) is 4.13. The second-order valence-corrected chi connectivity index (χ2v) is 4.92. The Hall–Kier alpha value is -1.29. The molecule has 0 aliphatic heterocycles. The first-order valence-corrected chi connectivity index (χ1v) is 6.41. The number of hydrogen-bond donors (Lipinski definition) is 1. The molecule has 0 fully saturated rings. The van der Waals surface area contributed by atoms with Gasteiger partial charge in [-0.2, -0.15) is 0 Å². The molecule has 19 heavy (non-hydrogen) atoms. The molecule has 2 rings (SSSR count). The van der Waals surface area contributed by atoms with Crippen LogP contribution in [0.3, 0.4) is 0 Å². The van der Waals surface area contributed by atoms with E-state index in [0.29, 0.717) is 16.3 Å². The van der Waals surface area contributed by atoms with Crippen molar-refractivity contribution in [2.75, 3.05) is 0 Å². The first-order chi connectivity index (χ1) is 8.99. The topological polar surface area (TPSA) is 35.2 Å². The van der Waals surface area contributed by atoms with Crippen LogP contribution in [-0.2, 0) is 0 Å². The van der Waals surface area contributed by atoms with Crippen molar-refractivity contribution < 1.29 is 9.13 Å². The van der Waals surface area contributed by atoms with Crippen molar-refractivity contribution >= 4 is 23.2 Å². The lowest BCUT2D eigenvalue weighted by Gasteiger charge is -2.11. The molecule has 0 spiro atoms. The van der Waals surface area contributed by atoms with Crippen molar-refractivity contribution in [3.63, 3.8) is 0 Å². The van der Waals surface area contributed by atoms with Crippen LogP contribution in [0.4, 0.5) is 4.39 Å². The first-order valence-electron chi connectivity index (χ1n) is 5.66. The van der Waals surface area contributed by atoms with Gasteiger partial charge in [0.2, 0.25) is 0 Å². The van der Waals surface area contributed by atoms with Gasteiger partial charge in [-0.05, 0) is 36.8 Å². The SMILES string of the molecule is C[C@H](N)c1ccc(Oc2cccc(Cl)c2Cl)c(F)c1. The molecule has 2 aromatic carbocycles. The zero-order valence-corrected chi connectivity index (χ0v) is 11.7. The quantitative estimate of drug-likeness (QED) is 0.871. The van der Waals surface area contributed by atoms with Crippen molar-refractivity contribution in [3.8, 4) is 11.5 Å². The van der Waals surface area contributed by atoms with Crippen LogP contribution in [0.1, 0.15) is 18.5 Å². The predicted molar refractivity (Wildman–Crippen MR) is 75.5 cm³/mol. The summed E-state index contributed by atoms with van der Waals surface area (Å²) in [4.78, 5) is 0. The van der Waals surface area contributed by atoms with Gasteiger partial charge in [0.1, 0.15) is 10.8 Å². The summed E-state index contributed by atoms with van der Waals surface area (Å²) in [5.74, 6) is -0.110. The number of benzene rings is 2. The molecule has 2 N–H and O–H groups in total. The molecule has 0 radical (unpaired) electrons. The van der Waals surface area contributed by atoms with Crippen molar-refractivity contribution in [2.45, 2.75) is 13.0 Å². The molecule has 0 aromatic heterocycles. The van der Waals surface area contributed by atoms with E-state index in [-0.39, 0.29) is 16.8 Å². The lowest BCUT2D eigenvalue weighted by Crippen LogP contribution is -2.05. The van der Waals surface area contributed by atoms with Gasteiger partial charge in [0, 0.05) is 6.04 Å². The maximum atomic E-state index is 13.9. The molecule has 1 atom stereocenters. The van der Waals surface area contributed by atoms with E-state index in [2.05, 4.69) is 0 Å². The van der Waals surface area contributed by atoms with E-state index >= 15 is 0 Å². The monoisotopic (exact) mass is 299 g/mol. The molecular weight excluding hydrogens is 288 g/mol. The zero-order valence-electron chi connectivity index (χ0n) is 10.2. The Morgan fingerprint density at radius 1 is 1.16 bits per heavy atom. The van der Waals surface area contributed by atoms with Crippen molar-refractivity contribution in [1.82, 2.24) is 0 Å². The van der Waals surface area contributed by atoms with E-state index in [4.69, 9.17) is 33.7 Å². The third-order valence-corrected chi connectivity index (χ3v) is 3.42. The largest absolute Gasteiger partial charge is 0.453 e. The van der Waals surface area contributed by atoms with E-state index in [1.807, 2.05) is 0 Å². The molecule has 0 aliphatic carbocycles. The Labute approximate surface area is 120 Å². The van der Waals surface area contributed by atoms with Crippen molar-refractivity contribution in [2.24, 2.45) is 5.73 Å². The fraction of sp³-hybridized carbons (Fsp3) is 0.143. The number of hydrogen-bond acceptors (Lipinski definition) is 2. The van der Waals surface area contributed by atoms with E-state index in [1.165, 1.54) is 12.1 Å². The standard InChI is InChI=1S/C14H12Cl2FNO/c1-8(18)9-5-6-12(11(17)7-9)19-13-4-2-3-10(15)14(13)16/h2-8H,18H2,1H3/t8-/m0/s1. The number of rotatable bonds is 3. The molecule has 0 bridgehead atoms. The summed E-state index contributed by atoms with van der Waals surface area (Å²) >= 11 is 11.8. The predicted octanol–water partition coefficient (Wildman–Crippen LogP) is 4.94. The highest BCUT2D eigenvalue weighted by atomic mass is 35.5. The molecule has 0 aliphatic rings. The lowest BCUT2D eigenvalue weighted by molar-refractivity contribution is 0.441. The van der Waals surface area contributed by atoms with Crippen LogP contribution in [0, 0.1) is 5.82 Å². The summed E-state index contributed by atoms with van der Waals surface area (Å²) < 4.78 is 19.3. The number of nitrogens with two attached hydrogens (primary N) is 1. The summed E-state index contributed by atoms with van der Waals surface area (Å²) in [5, 5.41) is 0.603. The molecule has 0 unspecified atom stereocenters. The minimum Gasteiger partial charge on any atom is -0.453 e. The number of halogens is 3. The van der Waals surface area contributed by atoms with Gasteiger partial charge in [0.25, 0.3) is 0 Å². The Morgan fingerprint density at radius 3 is 2.53 bits per heavy atom. The minimum absolute atomic E-state index is 0.0774. The molecule has 2 nitrogen and oxygen atoms in total. The molecule has 2 aromatic rings. The van der Waals surface area contributed by atoms with Crippen LogP contribution in [0.25, 0.3) is 0 Å². The minimum atomic E-state index is -0.495. The van der Waals surface area contributed by atoms with Gasteiger partial charge in [-0.1, -0.05) is 35.3 Å². The van der Waals surface area contributed by atoms with Gasteiger partial charge in [-0.15, -0.1) is 0 Å². The molecule has 0 saturated carbocycles. The van der Waals surface area contributed by atoms with Gasteiger partial charge in [0.05, 0.1) is 5.02 Å². The van der Waals surface area contributed by atoms with Gasteiger partial charge in [-0.3, -0.25) is 0 Å². The molecule has 100 valence electrons. The van der Waals surface area contributed by atoms with Crippen LogP contribution in [0.2, 0.25) is 10.0 Å². The van der Waals surface area contributed by atoms with Crippen LogP contribution >= 0.6 is 23.2 Å². The second kappa shape index (κ2) is 5.78.